The van der Waals surface area contributed by atoms with Crippen molar-refractivity contribution in [2.24, 2.45) is 0 Å². The van der Waals surface area contributed by atoms with E-state index in [1.165, 1.54) is 25.7 Å². The van der Waals surface area contributed by atoms with E-state index in [2.05, 4.69) is 27.3 Å². The second-order valence-corrected chi connectivity index (χ2v) is 5.46. The Morgan fingerprint density at radius 2 is 2.07 bits per heavy atom. The van der Waals surface area contributed by atoms with E-state index in [0.717, 1.165) is 22.5 Å². The van der Waals surface area contributed by atoms with Crippen LogP contribution in [0, 0.1) is 0 Å². The minimum atomic E-state index is 0.216. The minimum absolute atomic E-state index is 0.216. The van der Waals surface area contributed by atoms with Gasteiger partial charge in [0.2, 0.25) is 0 Å². The summed E-state index contributed by atoms with van der Waals surface area (Å²) in [5.74, 6) is 0.982. The Morgan fingerprint density at radius 1 is 1.27 bits per heavy atom. The van der Waals surface area contributed by atoms with Crippen molar-refractivity contribution in [3.63, 3.8) is 0 Å². The maximum Gasteiger partial charge on any atom is 0.142 e. The number of hydrogen-bond donors (Lipinski definition) is 1. The van der Waals surface area contributed by atoms with Gasteiger partial charge in [-0.1, -0.05) is 28.8 Å². The molecule has 1 saturated carbocycles. The van der Waals surface area contributed by atoms with Gasteiger partial charge in [-0.05, 0) is 31.0 Å². The molecular formula is C12H14BrNO. The van der Waals surface area contributed by atoms with E-state index in [9.17, 15) is 0 Å². The quantitative estimate of drug-likeness (QED) is 0.776. The fraction of sp³-hybridized carbons (Fsp3) is 0.500. The lowest BCUT2D eigenvalue weighted by Crippen LogP contribution is -2.44. The molecule has 1 N–H and O–H groups in total. The number of nitrogens with one attached hydrogen (secondary N) is 1. The van der Waals surface area contributed by atoms with Crippen LogP contribution in [0.2, 0.25) is 0 Å². The van der Waals surface area contributed by atoms with Gasteiger partial charge in [0.15, 0.2) is 0 Å². The Balaban J connectivity index is 1.94. The van der Waals surface area contributed by atoms with Gasteiger partial charge < -0.3 is 10.1 Å². The molecule has 80 valence electrons. The maximum atomic E-state index is 5.83. The number of anilines is 1. The van der Waals surface area contributed by atoms with Gasteiger partial charge in [-0.25, -0.2) is 0 Å². The summed E-state index contributed by atoms with van der Waals surface area (Å²) >= 11 is 3.49. The lowest BCUT2D eigenvalue weighted by molar-refractivity contribution is 0.221. The standard InChI is InChI=1S/C12H14BrNO/c13-9-3-4-11-10(7-9)14-12(8-15-11)5-1-2-6-12/h3-4,7,14H,1-2,5-6,8H2. The fourth-order valence-electron chi connectivity index (χ4n) is 2.58. The van der Waals surface area contributed by atoms with Gasteiger partial charge in [-0.15, -0.1) is 0 Å². The summed E-state index contributed by atoms with van der Waals surface area (Å²) in [4.78, 5) is 0. The van der Waals surface area contributed by atoms with Crippen molar-refractivity contribution in [3.8, 4) is 5.75 Å². The molecular weight excluding hydrogens is 254 g/mol. The molecule has 1 fully saturated rings. The Bertz CT molecular complexity index is 385. The van der Waals surface area contributed by atoms with Crippen LogP contribution in [0.5, 0.6) is 5.75 Å². The molecule has 1 aliphatic carbocycles. The molecule has 0 unspecified atom stereocenters. The van der Waals surface area contributed by atoms with Crippen molar-refractivity contribution in [2.75, 3.05) is 11.9 Å². The lowest BCUT2D eigenvalue weighted by atomic mass is 9.96. The molecule has 0 amide bonds. The average Bonchev–Trinajstić information content (AvgIpc) is 2.66. The first-order valence-electron chi connectivity index (χ1n) is 5.48. The summed E-state index contributed by atoms with van der Waals surface area (Å²) in [5, 5.41) is 3.66. The molecule has 1 heterocycles. The first-order valence-corrected chi connectivity index (χ1v) is 6.27. The maximum absolute atomic E-state index is 5.83. The Kier molecular flexibility index (Phi) is 2.16. The third-order valence-electron chi connectivity index (χ3n) is 3.41. The molecule has 1 aliphatic heterocycles. The third-order valence-corrected chi connectivity index (χ3v) is 3.90. The largest absolute Gasteiger partial charge is 0.489 e. The highest BCUT2D eigenvalue weighted by atomic mass is 79.9. The van der Waals surface area contributed by atoms with E-state index in [4.69, 9.17) is 4.74 Å². The first-order chi connectivity index (χ1) is 7.27. The lowest BCUT2D eigenvalue weighted by Gasteiger charge is -2.36. The second kappa shape index (κ2) is 3.41. The molecule has 2 nitrogen and oxygen atoms in total. The van der Waals surface area contributed by atoms with Crippen molar-refractivity contribution in [1.82, 2.24) is 0 Å². The van der Waals surface area contributed by atoms with Crippen molar-refractivity contribution >= 4 is 21.6 Å². The smallest absolute Gasteiger partial charge is 0.142 e. The van der Waals surface area contributed by atoms with E-state index in [0.29, 0.717) is 0 Å². The number of rotatable bonds is 0. The van der Waals surface area contributed by atoms with Crippen LogP contribution in [0.4, 0.5) is 5.69 Å². The van der Waals surface area contributed by atoms with E-state index in [-0.39, 0.29) is 5.54 Å². The number of halogens is 1. The molecule has 3 rings (SSSR count). The van der Waals surface area contributed by atoms with Crippen LogP contribution in [0.25, 0.3) is 0 Å². The normalized spacial score (nSPS) is 21.9. The molecule has 15 heavy (non-hydrogen) atoms. The minimum Gasteiger partial charge on any atom is -0.489 e. The van der Waals surface area contributed by atoms with Crippen LogP contribution in [-0.2, 0) is 0 Å². The van der Waals surface area contributed by atoms with Gasteiger partial charge >= 0.3 is 0 Å². The summed E-state index contributed by atoms with van der Waals surface area (Å²) in [5.41, 5.74) is 1.35. The fourth-order valence-corrected chi connectivity index (χ4v) is 2.95. The molecule has 3 heteroatoms. The van der Waals surface area contributed by atoms with Crippen LogP contribution < -0.4 is 10.1 Å². The molecule has 0 atom stereocenters. The van der Waals surface area contributed by atoms with Crippen molar-refractivity contribution < 1.29 is 4.74 Å². The summed E-state index contributed by atoms with van der Waals surface area (Å²) < 4.78 is 6.94. The molecule has 0 radical (unpaired) electrons. The zero-order chi connectivity index (χ0) is 10.3. The van der Waals surface area contributed by atoms with Crippen molar-refractivity contribution in [3.05, 3.63) is 22.7 Å². The first kappa shape index (κ1) is 9.52. The predicted molar refractivity (Wildman–Crippen MR) is 64.5 cm³/mol. The van der Waals surface area contributed by atoms with E-state index in [1.54, 1.807) is 0 Å². The monoisotopic (exact) mass is 267 g/mol. The molecule has 0 bridgehead atoms. The SMILES string of the molecule is Brc1ccc2c(c1)NC1(CCCC1)CO2. The number of ether oxygens (including phenoxy) is 1. The molecule has 1 spiro atoms. The zero-order valence-electron chi connectivity index (χ0n) is 8.55. The number of hydrogen-bond acceptors (Lipinski definition) is 2. The van der Waals surface area contributed by atoms with Gasteiger partial charge in [-0.2, -0.15) is 0 Å². The summed E-state index contributed by atoms with van der Waals surface area (Å²) in [6.45, 7) is 0.821. The second-order valence-electron chi connectivity index (χ2n) is 4.54. The Morgan fingerprint density at radius 3 is 2.87 bits per heavy atom. The Labute approximate surface area is 98.1 Å². The van der Waals surface area contributed by atoms with Crippen LogP contribution >= 0.6 is 15.9 Å². The van der Waals surface area contributed by atoms with E-state index < -0.39 is 0 Å². The molecule has 0 saturated heterocycles. The summed E-state index contributed by atoms with van der Waals surface area (Å²) in [6.07, 6.45) is 5.11. The van der Waals surface area contributed by atoms with Crippen molar-refractivity contribution in [2.45, 2.75) is 31.2 Å². The van der Waals surface area contributed by atoms with Crippen LogP contribution in [0.3, 0.4) is 0 Å². The summed E-state index contributed by atoms with van der Waals surface area (Å²) in [6, 6.07) is 6.15. The molecule has 1 aromatic rings. The third kappa shape index (κ3) is 1.63. The average molecular weight is 268 g/mol. The molecule has 1 aromatic carbocycles. The zero-order valence-corrected chi connectivity index (χ0v) is 10.1. The van der Waals surface area contributed by atoms with Crippen LogP contribution in [-0.4, -0.2) is 12.1 Å². The molecule has 2 aliphatic rings. The van der Waals surface area contributed by atoms with Crippen molar-refractivity contribution in [1.29, 1.82) is 0 Å². The number of benzene rings is 1. The topological polar surface area (TPSA) is 21.3 Å². The summed E-state index contributed by atoms with van der Waals surface area (Å²) in [7, 11) is 0. The highest BCUT2D eigenvalue weighted by Gasteiger charge is 2.37. The predicted octanol–water partition coefficient (Wildman–Crippen LogP) is 3.57. The van der Waals surface area contributed by atoms with Gasteiger partial charge in [0.05, 0.1) is 11.2 Å². The Hall–Kier alpha value is -0.700. The van der Waals surface area contributed by atoms with Gasteiger partial charge in [0.25, 0.3) is 0 Å². The van der Waals surface area contributed by atoms with Gasteiger partial charge in [0, 0.05) is 4.47 Å². The van der Waals surface area contributed by atoms with E-state index >= 15 is 0 Å². The van der Waals surface area contributed by atoms with Crippen LogP contribution in [0.1, 0.15) is 25.7 Å². The van der Waals surface area contributed by atoms with Crippen LogP contribution in [0.15, 0.2) is 22.7 Å². The van der Waals surface area contributed by atoms with Gasteiger partial charge in [-0.3, -0.25) is 0 Å². The highest BCUT2D eigenvalue weighted by molar-refractivity contribution is 9.10. The van der Waals surface area contributed by atoms with Gasteiger partial charge in [0.1, 0.15) is 12.4 Å². The van der Waals surface area contributed by atoms with E-state index in [1.807, 2.05) is 12.1 Å². The number of fused-ring (bicyclic) bond motifs is 1. The molecule has 0 aromatic heterocycles. The highest BCUT2D eigenvalue weighted by Crippen LogP contribution is 2.41.